The Balaban J connectivity index is 1.76. The van der Waals surface area contributed by atoms with Crippen LogP contribution in [0.4, 0.5) is 5.69 Å². The number of anilines is 1. The molecule has 4 aromatic rings. The number of amidine groups is 1. The smallest absolute Gasteiger partial charge is 0.349 e. The van der Waals surface area contributed by atoms with E-state index in [9.17, 15) is 4.79 Å². The first kappa shape index (κ1) is 23.0. The van der Waals surface area contributed by atoms with Crippen molar-refractivity contribution < 1.29 is 9.47 Å². The Hall–Kier alpha value is -5.18. The van der Waals surface area contributed by atoms with Crippen LogP contribution in [0, 0.1) is 16.7 Å². The van der Waals surface area contributed by atoms with E-state index in [-0.39, 0.29) is 18.3 Å². The van der Waals surface area contributed by atoms with E-state index in [0.29, 0.717) is 34.1 Å². The number of nitriles is 1. The molecule has 0 aliphatic carbocycles. The summed E-state index contributed by atoms with van der Waals surface area (Å²) in [6.45, 7) is -0.129. The molecule has 0 radical (unpaired) electrons. The molecule has 2 aromatic heterocycles. The Morgan fingerprint density at radius 2 is 2.06 bits per heavy atom. The Bertz CT molecular complexity index is 1420. The first-order valence-electron chi connectivity index (χ1n) is 10.4. The van der Waals surface area contributed by atoms with Gasteiger partial charge in [0.2, 0.25) is 0 Å². The van der Waals surface area contributed by atoms with Crippen LogP contribution in [0.25, 0.3) is 5.82 Å². The van der Waals surface area contributed by atoms with E-state index in [1.807, 2.05) is 6.07 Å². The van der Waals surface area contributed by atoms with Gasteiger partial charge < -0.3 is 20.5 Å². The van der Waals surface area contributed by atoms with Gasteiger partial charge in [-0.2, -0.15) is 15.0 Å². The minimum absolute atomic E-state index is 0.0437. The van der Waals surface area contributed by atoms with Gasteiger partial charge in [0, 0.05) is 17.4 Å². The second kappa shape index (κ2) is 10.2. The molecule has 12 heteroatoms. The molecule has 0 saturated heterocycles. The van der Waals surface area contributed by atoms with Crippen LogP contribution in [-0.4, -0.2) is 44.5 Å². The van der Waals surface area contributed by atoms with E-state index in [0.717, 1.165) is 4.68 Å². The van der Waals surface area contributed by atoms with Crippen molar-refractivity contribution >= 4 is 11.5 Å². The van der Waals surface area contributed by atoms with Crippen LogP contribution in [0.2, 0.25) is 0 Å². The zero-order chi connectivity index (χ0) is 24.8. The molecule has 0 saturated carbocycles. The van der Waals surface area contributed by atoms with Gasteiger partial charge >= 0.3 is 5.69 Å². The van der Waals surface area contributed by atoms with Gasteiger partial charge in [0.25, 0.3) is 0 Å². The highest BCUT2D eigenvalue weighted by Gasteiger charge is 2.22. The lowest BCUT2D eigenvalue weighted by Crippen LogP contribution is -2.17. The molecule has 5 N–H and O–H groups in total. The number of nitrogens with one attached hydrogen (secondary N) is 3. The Morgan fingerprint density at radius 1 is 1.26 bits per heavy atom. The maximum Gasteiger partial charge on any atom is 0.349 e. The zero-order valence-electron chi connectivity index (χ0n) is 18.6. The summed E-state index contributed by atoms with van der Waals surface area (Å²) in [5.41, 5.74) is 7.04. The molecular formula is C23H21N9O3. The van der Waals surface area contributed by atoms with Gasteiger partial charge in [-0.15, -0.1) is 10.2 Å². The second-order valence-corrected chi connectivity index (χ2v) is 7.23. The fraction of sp³-hybridized carbons (Fsp3) is 0.130. The number of aromatic amines is 1. The third-order valence-electron chi connectivity index (χ3n) is 5.00. The zero-order valence-corrected chi connectivity index (χ0v) is 18.6. The number of nitrogen functional groups attached to an aromatic ring is 1. The average Bonchev–Trinajstić information content (AvgIpc) is 3.27. The third-order valence-corrected chi connectivity index (χ3v) is 5.00. The standard InChI is InChI=1S/C23H21N9O3/c1-34-18-13-15(6-9-17(18)35-12-10-24)20(28-16-7-4-14(5-8-16)21(25)26)22-29-23(33)32(31-22)19-3-2-11-27-30-19/h2-9,11,13,20,28H,12H2,1H3,(H3,25,26)(H,29,31,33). The van der Waals surface area contributed by atoms with Crippen LogP contribution >= 0.6 is 0 Å². The number of H-pyrrole nitrogens is 1. The number of rotatable bonds is 9. The molecule has 2 aromatic carbocycles. The van der Waals surface area contributed by atoms with Gasteiger partial charge in [0.05, 0.1) is 7.11 Å². The summed E-state index contributed by atoms with van der Waals surface area (Å²) in [7, 11) is 1.49. The lowest BCUT2D eigenvalue weighted by Gasteiger charge is -2.20. The minimum atomic E-state index is -0.622. The summed E-state index contributed by atoms with van der Waals surface area (Å²) in [6.07, 6.45) is 1.50. The van der Waals surface area contributed by atoms with Crippen molar-refractivity contribution in [1.82, 2.24) is 25.0 Å². The van der Waals surface area contributed by atoms with Gasteiger partial charge in [-0.25, -0.2) is 4.79 Å². The summed E-state index contributed by atoms with van der Waals surface area (Å²) >= 11 is 0. The number of nitrogens with zero attached hydrogens (tertiary/aromatic N) is 5. The molecule has 1 atom stereocenters. The fourth-order valence-corrected chi connectivity index (χ4v) is 3.35. The van der Waals surface area contributed by atoms with Gasteiger partial charge in [-0.05, 0) is 54.1 Å². The van der Waals surface area contributed by atoms with Gasteiger partial charge in [0.1, 0.15) is 17.9 Å². The van der Waals surface area contributed by atoms with E-state index in [2.05, 4.69) is 25.6 Å². The first-order valence-corrected chi connectivity index (χ1v) is 10.4. The van der Waals surface area contributed by atoms with Crippen molar-refractivity contribution in [3.63, 3.8) is 0 Å². The second-order valence-electron chi connectivity index (χ2n) is 7.23. The molecule has 1 unspecified atom stereocenters. The van der Waals surface area contributed by atoms with Gasteiger partial charge in [-0.1, -0.05) is 6.07 Å². The van der Waals surface area contributed by atoms with Crippen molar-refractivity contribution in [2.24, 2.45) is 5.73 Å². The van der Waals surface area contributed by atoms with Crippen molar-refractivity contribution in [3.05, 3.63) is 88.2 Å². The number of methoxy groups -OCH3 is 1. The molecular weight excluding hydrogens is 450 g/mol. The summed E-state index contributed by atoms with van der Waals surface area (Å²) in [5, 5.41) is 31.9. The Morgan fingerprint density at radius 3 is 2.71 bits per heavy atom. The lowest BCUT2D eigenvalue weighted by atomic mass is 10.0. The molecule has 2 heterocycles. The molecule has 0 fully saturated rings. The lowest BCUT2D eigenvalue weighted by molar-refractivity contribution is 0.329. The average molecular weight is 471 g/mol. The van der Waals surface area contributed by atoms with Crippen molar-refractivity contribution in [2.75, 3.05) is 19.0 Å². The van der Waals surface area contributed by atoms with Crippen LogP contribution in [0.5, 0.6) is 11.5 Å². The fourth-order valence-electron chi connectivity index (χ4n) is 3.35. The molecule has 4 rings (SSSR count). The molecule has 12 nitrogen and oxygen atoms in total. The normalized spacial score (nSPS) is 11.3. The Kier molecular flexibility index (Phi) is 6.68. The molecule has 0 bridgehead atoms. The largest absolute Gasteiger partial charge is 0.493 e. The molecule has 0 aliphatic rings. The highest BCUT2D eigenvalue weighted by atomic mass is 16.5. The van der Waals surface area contributed by atoms with Gasteiger partial charge in [0.15, 0.2) is 29.7 Å². The van der Waals surface area contributed by atoms with Crippen LogP contribution in [-0.2, 0) is 0 Å². The monoisotopic (exact) mass is 471 g/mol. The SMILES string of the molecule is COc1cc(C(Nc2ccc(C(=N)N)cc2)c2nn(-c3cccnn3)c(=O)[nH]2)ccc1OCC#N. The molecule has 176 valence electrons. The molecule has 0 aliphatic heterocycles. The van der Waals surface area contributed by atoms with E-state index in [4.69, 9.17) is 25.9 Å². The van der Waals surface area contributed by atoms with Crippen LogP contribution in [0.15, 0.2) is 65.6 Å². The van der Waals surface area contributed by atoms with Crippen molar-refractivity contribution in [2.45, 2.75) is 6.04 Å². The van der Waals surface area contributed by atoms with Crippen molar-refractivity contribution in [3.8, 4) is 23.4 Å². The summed E-state index contributed by atoms with van der Waals surface area (Å²) in [5.74, 6) is 1.34. The number of ether oxygens (including phenoxy) is 2. The number of hydrogen-bond acceptors (Lipinski definition) is 9. The van der Waals surface area contributed by atoms with Gasteiger partial charge in [-0.3, -0.25) is 10.4 Å². The van der Waals surface area contributed by atoms with E-state index < -0.39 is 11.7 Å². The number of hydrogen-bond donors (Lipinski definition) is 4. The summed E-state index contributed by atoms with van der Waals surface area (Å²) < 4.78 is 12.0. The van der Waals surface area contributed by atoms with E-state index in [1.54, 1.807) is 54.6 Å². The van der Waals surface area contributed by atoms with Crippen LogP contribution < -0.4 is 26.2 Å². The highest BCUT2D eigenvalue weighted by Crippen LogP contribution is 2.33. The number of aromatic nitrogens is 5. The summed E-state index contributed by atoms with van der Waals surface area (Å²) in [4.78, 5) is 15.5. The maximum atomic E-state index is 12.7. The molecule has 0 spiro atoms. The first-order chi connectivity index (χ1) is 17.0. The maximum absolute atomic E-state index is 12.7. The predicted octanol–water partition coefficient (Wildman–Crippen LogP) is 1.75. The summed E-state index contributed by atoms with van der Waals surface area (Å²) in [6, 6.07) is 16.7. The topological polar surface area (TPSA) is 181 Å². The third kappa shape index (κ3) is 5.09. The highest BCUT2D eigenvalue weighted by molar-refractivity contribution is 5.95. The van der Waals surface area contributed by atoms with Crippen molar-refractivity contribution in [1.29, 1.82) is 10.7 Å². The number of nitrogens with two attached hydrogens (primary N) is 1. The Labute approximate surface area is 199 Å². The number of benzene rings is 2. The minimum Gasteiger partial charge on any atom is -0.493 e. The van der Waals surface area contributed by atoms with E-state index >= 15 is 0 Å². The van der Waals surface area contributed by atoms with Crippen LogP contribution in [0.1, 0.15) is 23.0 Å². The van der Waals surface area contributed by atoms with E-state index in [1.165, 1.54) is 13.3 Å². The molecule has 0 amide bonds. The predicted molar refractivity (Wildman–Crippen MR) is 127 cm³/mol. The van der Waals surface area contributed by atoms with Crippen LogP contribution in [0.3, 0.4) is 0 Å². The quantitative estimate of drug-likeness (QED) is 0.209. The molecule has 35 heavy (non-hydrogen) atoms.